The molecular formula is C16H21ClFN3. The van der Waals surface area contributed by atoms with Gasteiger partial charge in [0.25, 0.3) is 0 Å². The first kappa shape index (κ1) is 16.0. The fourth-order valence-corrected chi connectivity index (χ4v) is 2.61. The molecule has 3 nitrogen and oxygen atoms in total. The Balaban J connectivity index is 2.29. The van der Waals surface area contributed by atoms with Crippen molar-refractivity contribution in [3.05, 3.63) is 51.6 Å². The van der Waals surface area contributed by atoms with Gasteiger partial charge < -0.3 is 5.73 Å². The second-order valence-corrected chi connectivity index (χ2v) is 5.77. The molecule has 114 valence electrons. The normalized spacial score (nSPS) is 12.7. The van der Waals surface area contributed by atoms with Crippen molar-refractivity contribution in [2.75, 3.05) is 0 Å². The zero-order valence-corrected chi connectivity index (χ0v) is 13.4. The van der Waals surface area contributed by atoms with Gasteiger partial charge in [-0.15, -0.1) is 0 Å². The van der Waals surface area contributed by atoms with Gasteiger partial charge in [-0.05, 0) is 43.9 Å². The average Bonchev–Trinajstić information content (AvgIpc) is 2.71. The van der Waals surface area contributed by atoms with Gasteiger partial charge in [-0.2, -0.15) is 5.10 Å². The first-order valence-electron chi connectivity index (χ1n) is 7.15. The molecule has 0 bridgehead atoms. The highest BCUT2D eigenvalue weighted by Crippen LogP contribution is 2.22. The molecular weight excluding hydrogens is 289 g/mol. The fourth-order valence-electron chi connectivity index (χ4n) is 2.42. The van der Waals surface area contributed by atoms with Crippen LogP contribution in [0.1, 0.15) is 35.9 Å². The van der Waals surface area contributed by atoms with Gasteiger partial charge in [0.1, 0.15) is 5.82 Å². The van der Waals surface area contributed by atoms with Crippen LogP contribution >= 0.6 is 11.6 Å². The topological polar surface area (TPSA) is 43.8 Å². The molecule has 0 saturated carbocycles. The summed E-state index contributed by atoms with van der Waals surface area (Å²) >= 11 is 6.01. The number of hydrogen-bond donors (Lipinski definition) is 1. The van der Waals surface area contributed by atoms with E-state index in [4.69, 9.17) is 17.3 Å². The van der Waals surface area contributed by atoms with E-state index in [-0.39, 0.29) is 11.1 Å². The minimum absolute atomic E-state index is 0.137. The van der Waals surface area contributed by atoms with Crippen LogP contribution in [0.5, 0.6) is 0 Å². The van der Waals surface area contributed by atoms with Crippen LogP contribution in [0.4, 0.5) is 4.39 Å². The predicted octanol–water partition coefficient (Wildman–Crippen LogP) is 3.62. The first-order chi connectivity index (χ1) is 9.93. The van der Waals surface area contributed by atoms with E-state index in [1.54, 1.807) is 6.07 Å². The third kappa shape index (κ3) is 3.44. The quantitative estimate of drug-likeness (QED) is 0.916. The molecule has 1 aromatic heterocycles. The Labute approximate surface area is 129 Å². The maximum Gasteiger partial charge on any atom is 0.142 e. The number of aromatic nitrogens is 2. The number of hydrogen-bond acceptors (Lipinski definition) is 2. The van der Waals surface area contributed by atoms with Crippen molar-refractivity contribution in [1.29, 1.82) is 0 Å². The molecule has 0 aliphatic carbocycles. The van der Waals surface area contributed by atoms with Gasteiger partial charge in [-0.3, -0.25) is 4.68 Å². The van der Waals surface area contributed by atoms with Gasteiger partial charge in [0.15, 0.2) is 0 Å². The molecule has 21 heavy (non-hydrogen) atoms. The lowest BCUT2D eigenvalue weighted by molar-refractivity contribution is 0.615. The van der Waals surface area contributed by atoms with Gasteiger partial charge >= 0.3 is 0 Å². The maximum absolute atomic E-state index is 13.5. The molecule has 2 aromatic rings. The van der Waals surface area contributed by atoms with Gasteiger partial charge in [-0.1, -0.05) is 30.7 Å². The van der Waals surface area contributed by atoms with Crippen molar-refractivity contribution >= 4 is 11.6 Å². The molecule has 0 fully saturated rings. The Morgan fingerprint density at radius 3 is 2.76 bits per heavy atom. The number of nitrogens with zero attached hydrogens (tertiary/aromatic N) is 2. The number of rotatable bonds is 5. The second kappa shape index (κ2) is 6.58. The van der Waals surface area contributed by atoms with E-state index in [0.717, 1.165) is 29.8 Å². The van der Waals surface area contributed by atoms with E-state index in [9.17, 15) is 4.39 Å². The Morgan fingerprint density at radius 2 is 2.10 bits per heavy atom. The molecule has 2 rings (SSSR count). The highest BCUT2D eigenvalue weighted by Gasteiger charge is 2.15. The Morgan fingerprint density at radius 1 is 1.38 bits per heavy atom. The Hall–Kier alpha value is -1.39. The molecule has 1 heterocycles. The fraction of sp³-hybridized carbons (Fsp3) is 0.438. The lowest BCUT2D eigenvalue weighted by Gasteiger charge is -2.10. The minimum Gasteiger partial charge on any atom is -0.327 e. The lowest BCUT2D eigenvalue weighted by Crippen LogP contribution is -2.22. The molecule has 0 spiro atoms. The molecule has 2 N–H and O–H groups in total. The van der Waals surface area contributed by atoms with Crippen molar-refractivity contribution in [2.45, 2.75) is 46.2 Å². The van der Waals surface area contributed by atoms with Crippen LogP contribution in [0.15, 0.2) is 18.2 Å². The smallest absolute Gasteiger partial charge is 0.142 e. The van der Waals surface area contributed by atoms with Gasteiger partial charge in [0.2, 0.25) is 0 Å². The third-order valence-corrected chi connectivity index (χ3v) is 4.30. The van der Waals surface area contributed by atoms with Crippen LogP contribution in [-0.2, 0) is 13.0 Å². The summed E-state index contributed by atoms with van der Waals surface area (Å²) in [6.07, 6.45) is 1.74. The second-order valence-electron chi connectivity index (χ2n) is 5.39. The number of benzene rings is 1. The standard InChI is InChI=1S/C16H21ClFN3/c1-4-13(19)8-14-10(2)20-21(11(14)3)9-12-6-5-7-15(18)16(12)17/h5-7,13H,4,8-9,19H2,1-3H3. The van der Waals surface area contributed by atoms with Crippen molar-refractivity contribution < 1.29 is 4.39 Å². The highest BCUT2D eigenvalue weighted by atomic mass is 35.5. The van der Waals surface area contributed by atoms with E-state index in [1.807, 2.05) is 24.6 Å². The van der Waals surface area contributed by atoms with Crippen molar-refractivity contribution in [1.82, 2.24) is 9.78 Å². The van der Waals surface area contributed by atoms with Crippen LogP contribution in [-0.4, -0.2) is 15.8 Å². The van der Waals surface area contributed by atoms with Crippen molar-refractivity contribution in [2.24, 2.45) is 5.73 Å². The summed E-state index contributed by atoms with van der Waals surface area (Å²) in [5.74, 6) is -0.399. The molecule has 1 aromatic carbocycles. The molecule has 0 saturated heterocycles. The van der Waals surface area contributed by atoms with Gasteiger partial charge in [0, 0.05) is 11.7 Å². The van der Waals surface area contributed by atoms with Crippen LogP contribution in [0.25, 0.3) is 0 Å². The molecule has 0 amide bonds. The van der Waals surface area contributed by atoms with Crippen LogP contribution in [0.2, 0.25) is 5.02 Å². The molecule has 0 radical (unpaired) electrons. The highest BCUT2D eigenvalue weighted by molar-refractivity contribution is 6.31. The zero-order chi connectivity index (χ0) is 15.6. The van der Waals surface area contributed by atoms with Crippen molar-refractivity contribution in [3.8, 4) is 0 Å². The molecule has 0 aliphatic heterocycles. The van der Waals surface area contributed by atoms with Crippen molar-refractivity contribution in [3.63, 3.8) is 0 Å². The van der Waals surface area contributed by atoms with E-state index >= 15 is 0 Å². The summed E-state index contributed by atoms with van der Waals surface area (Å²) in [6.45, 7) is 6.54. The summed E-state index contributed by atoms with van der Waals surface area (Å²) in [5, 5.41) is 4.71. The predicted molar refractivity (Wildman–Crippen MR) is 84.2 cm³/mol. The van der Waals surface area contributed by atoms with E-state index in [1.165, 1.54) is 11.6 Å². The molecule has 1 atom stereocenters. The van der Waals surface area contributed by atoms with Crippen LogP contribution < -0.4 is 5.73 Å². The number of aryl methyl sites for hydroxylation is 1. The SMILES string of the molecule is CCC(N)Cc1c(C)nn(Cc2cccc(F)c2Cl)c1C. The molecule has 5 heteroatoms. The summed E-state index contributed by atoms with van der Waals surface area (Å²) < 4.78 is 15.4. The summed E-state index contributed by atoms with van der Waals surface area (Å²) in [7, 11) is 0. The Bertz CT molecular complexity index is 637. The third-order valence-electron chi connectivity index (χ3n) is 3.87. The largest absolute Gasteiger partial charge is 0.327 e. The average molecular weight is 310 g/mol. The van der Waals surface area contributed by atoms with E-state index in [0.29, 0.717) is 6.54 Å². The number of nitrogens with two attached hydrogens (primary N) is 1. The minimum atomic E-state index is -0.399. The van der Waals surface area contributed by atoms with Gasteiger partial charge in [-0.25, -0.2) is 4.39 Å². The van der Waals surface area contributed by atoms with Crippen LogP contribution in [0.3, 0.4) is 0 Å². The Kier molecular flexibility index (Phi) is 5.01. The maximum atomic E-state index is 13.5. The van der Waals surface area contributed by atoms with Gasteiger partial charge in [0.05, 0.1) is 17.3 Å². The molecule has 0 aliphatic rings. The summed E-state index contributed by atoms with van der Waals surface area (Å²) in [5.41, 5.74) is 9.99. The molecule has 1 unspecified atom stereocenters. The first-order valence-corrected chi connectivity index (χ1v) is 7.53. The van der Waals surface area contributed by atoms with E-state index in [2.05, 4.69) is 12.0 Å². The summed E-state index contributed by atoms with van der Waals surface area (Å²) in [6, 6.07) is 4.98. The zero-order valence-electron chi connectivity index (χ0n) is 12.7. The van der Waals surface area contributed by atoms with Crippen LogP contribution in [0, 0.1) is 19.7 Å². The monoisotopic (exact) mass is 309 g/mol. The lowest BCUT2D eigenvalue weighted by atomic mass is 10.0. The summed E-state index contributed by atoms with van der Waals surface area (Å²) in [4.78, 5) is 0. The number of halogens is 2. The van der Waals surface area contributed by atoms with E-state index < -0.39 is 5.82 Å².